The first-order valence-corrected chi connectivity index (χ1v) is 9.72. The van der Waals surface area contributed by atoms with Crippen LogP contribution in [0, 0.1) is 0 Å². The normalized spacial score (nSPS) is 10.7. The van der Waals surface area contributed by atoms with Gasteiger partial charge in [0.15, 0.2) is 5.78 Å². The van der Waals surface area contributed by atoms with Crippen molar-refractivity contribution in [1.82, 2.24) is 0 Å². The highest BCUT2D eigenvalue weighted by Crippen LogP contribution is 2.28. The number of hydrogen-bond donors (Lipinski definition) is 1. The highest BCUT2D eigenvalue weighted by molar-refractivity contribution is 6.11. The van der Waals surface area contributed by atoms with Crippen molar-refractivity contribution >= 4 is 5.78 Å². The highest BCUT2D eigenvalue weighted by Gasteiger charge is 2.17. The molecule has 2 nitrogen and oxygen atoms in total. The summed E-state index contributed by atoms with van der Waals surface area (Å²) < 4.78 is 0. The average molecular weight is 351 g/mol. The van der Waals surface area contributed by atoms with Crippen LogP contribution in [-0.4, -0.2) is 10.9 Å². The Kier molecular flexibility index (Phi) is 8.14. The summed E-state index contributed by atoms with van der Waals surface area (Å²) in [6.45, 7) is 5.99. The van der Waals surface area contributed by atoms with Gasteiger partial charge in [-0.25, -0.2) is 0 Å². The van der Waals surface area contributed by atoms with E-state index in [1.807, 2.05) is 30.3 Å². The number of rotatable bonds is 11. The first-order valence-electron chi connectivity index (χ1n) is 9.72. The molecule has 0 bridgehead atoms. The van der Waals surface area contributed by atoms with Gasteiger partial charge in [-0.1, -0.05) is 81.5 Å². The average Bonchev–Trinajstić information content (AvgIpc) is 2.67. The molecule has 0 fully saturated rings. The van der Waals surface area contributed by atoms with Crippen molar-refractivity contribution in [2.45, 2.75) is 58.3 Å². The van der Waals surface area contributed by atoms with Gasteiger partial charge in [0.1, 0.15) is 5.75 Å². The minimum Gasteiger partial charge on any atom is -0.507 e. The van der Waals surface area contributed by atoms with E-state index in [1.54, 1.807) is 18.2 Å². The van der Waals surface area contributed by atoms with E-state index in [1.165, 1.54) is 32.1 Å². The van der Waals surface area contributed by atoms with E-state index >= 15 is 0 Å². The van der Waals surface area contributed by atoms with Crippen LogP contribution in [0.5, 0.6) is 5.75 Å². The van der Waals surface area contributed by atoms with Crippen LogP contribution in [0.2, 0.25) is 0 Å². The molecule has 0 aromatic heterocycles. The van der Waals surface area contributed by atoms with E-state index in [2.05, 4.69) is 13.5 Å². The van der Waals surface area contributed by atoms with E-state index in [9.17, 15) is 9.90 Å². The van der Waals surface area contributed by atoms with Crippen molar-refractivity contribution in [2.24, 2.45) is 0 Å². The molecule has 2 aromatic carbocycles. The van der Waals surface area contributed by atoms with Crippen LogP contribution in [0.4, 0.5) is 0 Å². The largest absolute Gasteiger partial charge is 0.507 e. The summed E-state index contributed by atoms with van der Waals surface area (Å²) >= 11 is 0. The van der Waals surface area contributed by atoms with Gasteiger partial charge in [-0.15, -0.1) is 6.58 Å². The third-order valence-corrected chi connectivity index (χ3v) is 4.71. The molecule has 0 radical (unpaired) electrons. The quantitative estimate of drug-likeness (QED) is 0.295. The van der Waals surface area contributed by atoms with Crippen molar-refractivity contribution in [1.29, 1.82) is 0 Å². The molecule has 2 rings (SSSR count). The maximum absolute atomic E-state index is 12.8. The van der Waals surface area contributed by atoms with Crippen molar-refractivity contribution < 1.29 is 9.90 Å². The van der Waals surface area contributed by atoms with Crippen LogP contribution in [0.15, 0.2) is 55.1 Å². The second kappa shape index (κ2) is 10.6. The van der Waals surface area contributed by atoms with Crippen LogP contribution in [0.25, 0.3) is 0 Å². The van der Waals surface area contributed by atoms with Crippen molar-refractivity contribution in [3.05, 3.63) is 77.4 Å². The molecule has 0 spiro atoms. The predicted octanol–water partition coefficient (Wildman–Crippen LogP) is 6.25. The number of carbonyl (C=O) groups is 1. The standard InChI is InChI=1S/C24H30O2/c1-3-5-6-7-8-10-14-19-17-21(13-4-2)24(26)22(18-19)23(25)20-15-11-9-12-16-20/h4,9,11-12,15-18,26H,2-3,5-8,10,13-14H2,1H3. The minimum absolute atomic E-state index is 0.0884. The van der Waals surface area contributed by atoms with Gasteiger partial charge in [0.2, 0.25) is 0 Å². The zero-order valence-corrected chi connectivity index (χ0v) is 15.8. The molecule has 2 aromatic rings. The lowest BCUT2D eigenvalue weighted by atomic mass is 9.94. The number of ketones is 1. The smallest absolute Gasteiger partial charge is 0.196 e. The number of phenols is 1. The van der Waals surface area contributed by atoms with Gasteiger partial charge >= 0.3 is 0 Å². The molecule has 26 heavy (non-hydrogen) atoms. The summed E-state index contributed by atoms with van der Waals surface area (Å²) in [4.78, 5) is 12.8. The van der Waals surface area contributed by atoms with Crippen LogP contribution in [-0.2, 0) is 12.8 Å². The second-order valence-electron chi connectivity index (χ2n) is 6.86. The summed E-state index contributed by atoms with van der Waals surface area (Å²) in [6, 6.07) is 13.0. The summed E-state index contributed by atoms with van der Waals surface area (Å²) in [6.07, 6.45) is 10.7. The van der Waals surface area contributed by atoms with E-state index in [4.69, 9.17) is 0 Å². The number of hydrogen-bond acceptors (Lipinski definition) is 2. The molecule has 0 aliphatic rings. The molecule has 0 aliphatic heterocycles. The lowest BCUT2D eigenvalue weighted by molar-refractivity contribution is 0.103. The lowest BCUT2D eigenvalue weighted by Gasteiger charge is -2.12. The van der Waals surface area contributed by atoms with E-state index in [0.29, 0.717) is 17.5 Å². The fourth-order valence-corrected chi connectivity index (χ4v) is 3.24. The maximum Gasteiger partial charge on any atom is 0.196 e. The third kappa shape index (κ3) is 5.59. The Bertz CT molecular complexity index is 716. The zero-order valence-electron chi connectivity index (χ0n) is 15.8. The predicted molar refractivity (Wildman–Crippen MR) is 109 cm³/mol. The molecule has 2 heteroatoms. The Hall–Kier alpha value is -2.35. The van der Waals surface area contributed by atoms with Gasteiger partial charge in [-0.3, -0.25) is 4.79 Å². The Morgan fingerprint density at radius 1 is 1.04 bits per heavy atom. The summed E-state index contributed by atoms with van der Waals surface area (Å²) in [5.74, 6) is -0.0383. The molecule has 0 heterocycles. The first kappa shape index (κ1) is 20.0. The van der Waals surface area contributed by atoms with Gasteiger partial charge in [-0.05, 0) is 36.5 Å². The van der Waals surface area contributed by atoms with Crippen molar-refractivity contribution in [3.8, 4) is 5.75 Å². The zero-order chi connectivity index (χ0) is 18.8. The van der Waals surface area contributed by atoms with E-state index in [0.717, 1.165) is 24.0 Å². The highest BCUT2D eigenvalue weighted by atomic mass is 16.3. The monoisotopic (exact) mass is 350 g/mol. The SMILES string of the molecule is C=CCc1cc(CCCCCCCC)cc(C(=O)c2ccccc2)c1O. The molecular formula is C24H30O2. The Morgan fingerprint density at radius 3 is 2.42 bits per heavy atom. The van der Waals surface area contributed by atoms with Crippen LogP contribution in [0.3, 0.4) is 0 Å². The molecule has 0 aliphatic carbocycles. The number of allylic oxidation sites excluding steroid dienone is 1. The summed E-state index contributed by atoms with van der Waals surface area (Å²) in [7, 11) is 0. The number of aryl methyl sites for hydroxylation is 1. The van der Waals surface area contributed by atoms with Gasteiger partial charge in [0, 0.05) is 5.56 Å². The van der Waals surface area contributed by atoms with Crippen LogP contribution >= 0.6 is 0 Å². The molecule has 0 saturated carbocycles. The van der Waals surface area contributed by atoms with E-state index in [-0.39, 0.29) is 11.5 Å². The van der Waals surface area contributed by atoms with E-state index < -0.39 is 0 Å². The fraction of sp³-hybridized carbons (Fsp3) is 0.375. The van der Waals surface area contributed by atoms with Gasteiger partial charge in [0.25, 0.3) is 0 Å². The number of phenolic OH excluding ortho intramolecular Hbond substituents is 1. The van der Waals surface area contributed by atoms with Crippen LogP contribution < -0.4 is 0 Å². The number of benzene rings is 2. The number of unbranched alkanes of at least 4 members (excludes halogenated alkanes) is 5. The molecule has 0 unspecified atom stereocenters. The first-order chi connectivity index (χ1) is 12.7. The second-order valence-corrected chi connectivity index (χ2v) is 6.86. The molecule has 0 saturated heterocycles. The Balaban J connectivity index is 2.17. The van der Waals surface area contributed by atoms with Gasteiger partial charge in [-0.2, -0.15) is 0 Å². The fourth-order valence-electron chi connectivity index (χ4n) is 3.24. The van der Waals surface area contributed by atoms with Crippen LogP contribution in [0.1, 0.15) is 72.5 Å². The van der Waals surface area contributed by atoms with Crippen molar-refractivity contribution in [3.63, 3.8) is 0 Å². The topological polar surface area (TPSA) is 37.3 Å². The minimum atomic E-state index is -0.127. The van der Waals surface area contributed by atoms with Crippen molar-refractivity contribution in [2.75, 3.05) is 0 Å². The molecule has 0 amide bonds. The van der Waals surface area contributed by atoms with Gasteiger partial charge in [0.05, 0.1) is 5.56 Å². The lowest BCUT2D eigenvalue weighted by Crippen LogP contribution is -2.05. The molecule has 1 N–H and O–H groups in total. The summed E-state index contributed by atoms with van der Waals surface area (Å²) in [5, 5.41) is 10.6. The maximum atomic E-state index is 12.8. The molecule has 138 valence electrons. The molecule has 0 atom stereocenters. The number of aromatic hydroxyl groups is 1. The number of carbonyl (C=O) groups excluding carboxylic acids is 1. The molecular weight excluding hydrogens is 320 g/mol. The summed E-state index contributed by atoms with van der Waals surface area (Å²) in [5.41, 5.74) is 2.90. The third-order valence-electron chi connectivity index (χ3n) is 4.71. The van der Waals surface area contributed by atoms with Gasteiger partial charge < -0.3 is 5.11 Å². The Labute approximate surface area is 157 Å². The Morgan fingerprint density at radius 2 is 1.73 bits per heavy atom.